The SMILES string of the molecule is N#Cc1ccc(-c2nc3c4cccc(Br)c4nc(N[C@H]4CCCCNC4=O)n3n2)cc1. The topological polar surface area (TPSA) is 108 Å². The maximum atomic E-state index is 12.5. The molecule has 1 amide bonds. The van der Waals surface area contributed by atoms with Gasteiger partial charge in [0, 0.05) is 22.0 Å². The van der Waals surface area contributed by atoms with Crippen LogP contribution in [0.3, 0.4) is 0 Å². The summed E-state index contributed by atoms with van der Waals surface area (Å²) >= 11 is 3.58. The summed E-state index contributed by atoms with van der Waals surface area (Å²) in [5, 5.41) is 20.8. The molecule has 0 bridgehead atoms. The summed E-state index contributed by atoms with van der Waals surface area (Å²) in [6.45, 7) is 0.690. The molecule has 3 heterocycles. The number of nitriles is 1. The second kappa shape index (κ2) is 7.96. The van der Waals surface area contributed by atoms with Crippen molar-refractivity contribution in [3.63, 3.8) is 0 Å². The van der Waals surface area contributed by atoms with Gasteiger partial charge >= 0.3 is 0 Å². The highest BCUT2D eigenvalue weighted by molar-refractivity contribution is 9.10. The Bertz CT molecular complexity index is 1340. The summed E-state index contributed by atoms with van der Waals surface area (Å²) in [5.41, 5.74) is 2.75. The van der Waals surface area contributed by atoms with Gasteiger partial charge < -0.3 is 10.6 Å². The van der Waals surface area contributed by atoms with Gasteiger partial charge in [-0.15, -0.1) is 5.10 Å². The van der Waals surface area contributed by atoms with Crippen LogP contribution in [-0.2, 0) is 4.79 Å². The second-order valence-electron chi connectivity index (χ2n) is 7.42. The Balaban J connectivity index is 1.67. The summed E-state index contributed by atoms with van der Waals surface area (Å²) in [6.07, 6.45) is 2.63. The van der Waals surface area contributed by atoms with Gasteiger partial charge in [-0.05, 0) is 71.6 Å². The first-order valence-corrected chi connectivity index (χ1v) is 10.8. The predicted molar refractivity (Wildman–Crippen MR) is 120 cm³/mol. The average molecular weight is 476 g/mol. The average Bonchev–Trinajstić information content (AvgIpc) is 3.15. The number of nitrogens with zero attached hydrogens (tertiary/aromatic N) is 5. The van der Waals surface area contributed by atoms with Crippen molar-refractivity contribution < 1.29 is 4.79 Å². The molecule has 0 radical (unpaired) electrons. The molecule has 0 unspecified atom stereocenters. The molecule has 5 rings (SSSR count). The molecule has 1 aliphatic rings. The fraction of sp³-hybridized carbons (Fsp3) is 0.227. The Morgan fingerprint density at radius 2 is 2.00 bits per heavy atom. The van der Waals surface area contributed by atoms with E-state index >= 15 is 0 Å². The number of aromatic nitrogens is 4. The minimum absolute atomic E-state index is 0.0351. The number of halogens is 1. The normalized spacial score (nSPS) is 16.6. The number of hydrogen-bond donors (Lipinski definition) is 2. The third-order valence-electron chi connectivity index (χ3n) is 5.36. The zero-order valence-corrected chi connectivity index (χ0v) is 18.1. The van der Waals surface area contributed by atoms with Crippen LogP contribution in [0.25, 0.3) is 27.9 Å². The molecule has 1 fully saturated rings. The number of amides is 1. The monoisotopic (exact) mass is 475 g/mol. The predicted octanol–water partition coefficient (Wildman–Crippen LogP) is 3.66. The quantitative estimate of drug-likeness (QED) is 0.467. The molecular weight excluding hydrogens is 458 g/mol. The lowest BCUT2D eigenvalue weighted by Crippen LogP contribution is -2.38. The van der Waals surface area contributed by atoms with E-state index in [-0.39, 0.29) is 11.9 Å². The maximum Gasteiger partial charge on any atom is 0.242 e. The molecule has 0 saturated carbocycles. The molecule has 1 aliphatic heterocycles. The lowest BCUT2D eigenvalue weighted by molar-refractivity contribution is -0.121. The van der Waals surface area contributed by atoms with Crippen molar-refractivity contribution in [1.29, 1.82) is 5.26 Å². The fourth-order valence-electron chi connectivity index (χ4n) is 3.74. The van der Waals surface area contributed by atoms with E-state index in [2.05, 4.69) is 37.7 Å². The number of anilines is 1. The molecule has 1 atom stereocenters. The van der Waals surface area contributed by atoms with Crippen molar-refractivity contribution in [2.45, 2.75) is 25.3 Å². The number of carbonyl (C=O) groups is 1. The van der Waals surface area contributed by atoms with E-state index in [9.17, 15) is 4.79 Å². The molecule has 2 aromatic carbocycles. The van der Waals surface area contributed by atoms with Gasteiger partial charge in [0.1, 0.15) is 6.04 Å². The number of benzene rings is 2. The van der Waals surface area contributed by atoms with Gasteiger partial charge in [-0.25, -0.2) is 9.97 Å². The first kappa shape index (κ1) is 19.5. The van der Waals surface area contributed by atoms with Crippen molar-refractivity contribution in [3.8, 4) is 17.5 Å². The highest BCUT2D eigenvalue weighted by Crippen LogP contribution is 2.29. The minimum atomic E-state index is -0.388. The van der Waals surface area contributed by atoms with Crippen LogP contribution < -0.4 is 10.6 Å². The number of fused-ring (bicyclic) bond motifs is 3. The molecular formula is C22H18BrN7O. The third-order valence-corrected chi connectivity index (χ3v) is 6.00. The molecule has 4 aromatic rings. The summed E-state index contributed by atoms with van der Waals surface area (Å²) in [6, 6.07) is 14.7. The lowest BCUT2D eigenvalue weighted by Gasteiger charge is -2.17. The van der Waals surface area contributed by atoms with Gasteiger partial charge in [-0.3, -0.25) is 4.79 Å². The van der Waals surface area contributed by atoms with Gasteiger partial charge in [0.05, 0.1) is 17.1 Å². The van der Waals surface area contributed by atoms with Crippen LogP contribution in [0.4, 0.5) is 5.95 Å². The van der Waals surface area contributed by atoms with Crippen molar-refractivity contribution in [2.24, 2.45) is 0 Å². The van der Waals surface area contributed by atoms with E-state index in [1.807, 2.05) is 30.3 Å². The molecule has 154 valence electrons. The summed E-state index contributed by atoms with van der Waals surface area (Å²) in [4.78, 5) is 22.0. The first-order chi connectivity index (χ1) is 15.1. The third kappa shape index (κ3) is 3.59. The van der Waals surface area contributed by atoms with Gasteiger partial charge in [0.15, 0.2) is 11.5 Å². The van der Waals surface area contributed by atoms with E-state index in [1.54, 1.807) is 16.6 Å². The van der Waals surface area contributed by atoms with Crippen LogP contribution in [0.2, 0.25) is 0 Å². The van der Waals surface area contributed by atoms with Crippen LogP contribution in [0.15, 0.2) is 46.9 Å². The van der Waals surface area contributed by atoms with Gasteiger partial charge in [0.2, 0.25) is 11.9 Å². The van der Waals surface area contributed by atoms with E-state index < -0.39 is 0 Å². The second-order valence-corrected chi connectivity index (χ2v) is 8.27. The van der Waals surface area contributed by atoms with Gasteiger partial charge in [-0.2, -0.15) is 9.78 Å². The Morgan fingerprint density at radius 1 is 1.16 bits per heavy atom. The van der Waals surface area contributed by atoms with Crippen LogP contribution in [0.5, 0.6) is 0 Å². The molecule has 8 nitrogen and oxygen atoms in total. The Morgan fingerprint density at radius 3 is 2.81 bits per heavy atom. The summed E-state index contributed by atoms with van der Waals surface area (Å²) < 4.78 is 2.49. The lowest BCUT2D eigenvalue weighted by atomic mass is 10.1. The van der Waals surface area contributed by atoms with Crippen LogP contribution in [0, 0.1) is 11.3 Å². The molecule has 0 spiro atoms. The Hall–Kier alpha value is -3.51. The highest BCUT2D eigenvalue weighted by Gasteiger charge is 2.23. The number of nitrogens with one attached hydrogen (secondary N) is 2. The zero-order valence-electron chi connectivity index (χ0n) is 16.5. The Labute approximate surface area is 186 Å². The largest absolute Gasteiger partial charge is 0.354 e. The van der Waals surface area contributed by atoms with Gasteiger partial charge in [-0.1, -0.05) is 6.07 Å². The minimum Gasteiger partial charge on any atom is -0.354 e. The molecule has 0 aliphatic carbocycles. The van der Waals surface area contributed by atoms with E-state index in [4.69, 9.17) is 15.2 Å². The number of carbonyl (C=O) groups excluding carboxylic acids is 1. The number of rotatable bonds is 3. The maximum absolute atomic E-state index is 12.5. The van der Waals surface area contributed by atoms with Crippen molar-refractivity contribution in [1.82, 2.24) is 24.9 Å². The molecule has 2 aromatic heterocycles. The summed E-state index contributed by atoms with van der Waals surface area (Å²) in [5.74, 6) is 0.947. The summed E-state index contributed by atoms with van der Waals surface area (Å²) in [7, 11) is 0. The van der Waals surface area contributed by atoms with Crippen molar-refractivity contribution in [3.05, 3.63) is 52.5 Å². The van der Waals surface area contributed by atoms with Crippen LogP contribution in [-0.4, -0.2) is 38.1 Å². The smallest absolute Gasteiger partial charge is 0.242 e. The molecule has 1 saturated heterocycles. The molecule has 2 N–H and O–H groups in total. The highest BCUT2D eigenvalue weighted by atomic mass is 79.9. The van der Waals surface area contributed by atoms with E-state index in [1.165, 1.54) is 0 Å². The van der Waals surface area contributed by atoms with Crippen molar-refractivity contribution >= 4 is 44.3 Å². The van der Waals surface area contributed by atoms with Crippen molar-refractivity contribution in [2.75, 3.05) is 11.9 Å². The first-order valence-electron chi connectivity index (χ1n) is 10.0. The molecule has 31 heavy (non-hydrogen) atoms. The van der Waals surface area contributed by atoms with Gasteiger partial charge in [0.25, 0.3) is 0 Å². The number of para-hydroxylation sites is 1. The van der Waals surface area contributed by atoms with Crippen LogP contribution >= 0.6 is 15.9 Å². The van der Waals surface area contributed by atoms with E-state index in [0.717, 1.165) is 40.2 Å². The van der Waals surface area contributed by atoms with Crippen LogP contribution in [0.1, 0.15) is 24.8 Å². The van der Waals surface area contributed by atoms with E-state index in [0.29, 0.717) is 29.5 Å². The number of hydrogen-bond acceptors (Lipinski definition) is 6. The molecule has 9 heteroatoms. The fourth-order valence-corrected chi connectivity index (χ4v) is 4.19. The Kier molecular flexibility index (Phi) is 5.00. The standard InChI is InChI=1S/C22H18BrN7O/c23-16-5-3-4-15-18(16)27-22(26-17-6-1-2-11-25-21(17)31)30-20(15)28-19(29-30)14-9-7-13(12-24)8-10-14/h3-5,7-10,17H,1-2,6,11H2,(H,25,31)(H,26,27)/t17-/m0/s1. The zero-order chi connectivity index (χ0) is 21.4.